The van der Waals surface area contributed by atoms with E-state index in [1.165, 1.54) is 7.11 Å². The predicted octanol–water partition coefficient (Wildman–Crippen LogP) is 2.24. The Morgan fingerprint density at radius 2 is 2.29 bits per heavy atom. The lowest BCUT2D eigenvalue weighted by Gasteiger charge is -2.20. The van der Waals surface area contributed by atoms with Crippen LogP contribution in [0.1, 0.15) is 24.2 Å². The van der Waals surface area contributed by atoms with Crippen molar-refractivity contribution in [3.05, 3.63) is 23.9 Å². The molecule has 1 aromatic rings. The Bertz CT molecular complexity index is 383. The summed E-state index contributed by atoms with van der Waals surface area (Å²) >= 11 is 3.39. The number of aromatic nitrogens is 1. The lowest BCUT2D eigenvalue weighted by atomic mass is 10.1. The van der Waals surface area contributed by atoms with Gasteiger partial charge >= 0.3 is 0 Å². The predicted molar refractivity (Wildman–Crippen MR) is 70.7 cm³/mol. The molecule has 1 amide bonds. The molecule has 0 aliphatic carbocycles. The molecule has 0 aliphatic rings. The van der Waals surface area contributed by atoms with E-state index >= 15 is 0 Å². The number of halogens is 1. The Hall–Kier alpha value is -1.10. The van der Waals surface area contributed by atoms with E-state index < -0.39 is 0 Å². The number of carbonyl (C=O) groups is 1. The number of nitrogens with one attached hydrogen (secondary N) is 1. The van der Waals surface area contributed by atoms with Gasteiger partial charge in [0.05, 0.1) is 7.11 Å². The van der Waals surface area contributed by atoms with Crippen molar-refractivity contribution in [3.63, 3.8) is 0 Å². The largest absolute Gasteiger partial charge is 0.480 e. The van der Waals surface area contributed by atoms with E-state index in [0.29, 0.717) is 17.4 Å². The number of carbonyl (C=O) groups excluding carboxylic acids is 1. The molecule has 1 atom stereocenters. The number of pyridine rings is 1. The van der Waals surface area contributed by atoms with Crippen LogP contribution in [0.4, 0.5) is 0 Å². The second kappa shape index (κ2) is 6.59. The molecule has 1 rings (SSSR count). The number of methoxy groups -OCH3 is 1. The highest BCUT2D eigenvalue weighted by atomic mass is 79.9. The van der Waals surface area contributed by atoms with Gasteiger partial charge in [-0.1, -0.05) is 29.8 Å². The fourth-order valence-corrected chi connectivity index (χ4v) is 2.27. The molecular formula is C12H17BrN2O2. The summed E-state index contributed by atoms with van der Waals surface area (Å²) in [5.41, 5.74) is 0.460. The highest BCUT2D eigenvalue weighted by molar-refractivity contribution is 9.09. The van der Waals surface area contributed by atoms with Gasteiger partial charge in [0, 0.05) is 17.6 Å². The van der Waals surface area contributed by atoms with Crippen molar-refractivity contribution in [1.82, 2.24) is 10.3 Å². The highest BCUT2D eigenvalue weighted by Gasteiger charge is 2.18. The molecule has 17 heavy (non-hydrogen) atoms. The van der Waals surface area contributed by atoms with Crippen LogP contribution in [0.15, 0.2) is 18.3 Å². The first-order valence-electron chi connectivity index (χ1n) is 5.46. The smallest absolute Gasteiger partial charge is 0.257 e. The SMILES string of the molecule is COc1ncccc1C(=O)NC(CBr)C(C)C. The Morgan fingerprint density at radius 3 is 2.82 bits per heavy atom. The van der Waals surface area contributed by atoms with Gasteiger partial charge in [0.15, 0.2) is 0 Å². The molecule has 1 heterocycles. The molecule has 0 saturated heterocycles. The fourth-order valence-electron chi connectivity index (χ4n) is 1.36. The first-order chi connectivity index (χ1) is 8.10. The maximum absolute atomic E-state index is 12.0. The number of hydrogen-bond acceptors (Lipinski definition) is 3. The molecule has 0 spiro atoms. The molecule has 5 heteroatoms. The summed E-state index contributed by atoms with van der Waals surface area (Å²) < 4.78 is 5.06. The van der Waals surface area contributed by atoms with Gasteiger partial charge in [-0.2, -0.15) is 0 Å². The molecule has 94 valence electrons. The first kappa shape index (κ1) is 14.0. The third-order valence-electron chi connectivity index (χ3n) is 2.50. The van der Waals surface area contributed by atoms with E-state index in [9.17, 15) is 4.79 Å². The maximum Gasteiger partial charge on any atom is 0.257 e. The van der Waals surface area contributed by atoms with Crippen molar-refractivity contribution >= 4 is 21.8 Å². The number of amides is 1. The van der Waals surface area contributed by atoms with Crippen molar-refractivity contribution in [3.8, 4) is 5.88 Å². The van der Waals surface area contributed by atoms with Crippen LogP contribution in [0, 0.1) is 5.92 Å². The normalized spacial score (nSPS) is 12.3. The first-order valence-corrected chi connectivity index (χ1v) is 6.58. The third-order valence-corrected chi connectivity index (χ3v) is 3.19. The van der Waals surface area contributed by atoms with Gasteiger partial charge in [0.1, 0.15) is 5.56 Å². The highest BCUT2D eigenvalue weighted by Crippen LogP contribution is 2.14. The van der Waals surface area contributed by atoms with Gasteiger partial charge < -0.3 is 10.1 Å². The Kier molecular flexibility index (Phi) is 5.41. The summed E-state index contributed by atoms with van der Waals surface area (Å²) in [7, 11) is 1.50. The van der Waals surface area contributed by atoms with Gasteiger partial charge in [-0.15, -0.1) is 0 Å². The molecule has 1 N–H and O–H groups in total. The van der Waals surface area contributed by atoms with Crippen molar-refractivity contribution in [1.29, 1.82) is 0 Å². The van der Waals surface area contributed by atoms with E-state index in [4.69, 9.17) is 4.74 Å². The van der Waals surface area contributed by atoms with Gasteiger partial charge in [-0.05, 0) is 18.1 Å². The number of ether oxygens (including phenoxy) is 1. The zero-order chi connectivity index (χ0) is 12.8. The lowest BCUT2D eigenvalue weighted by molar-refractivity contribution is 0.0928. The fraction of sp³-hybridized carbons (Fsp3) is 0.500. The van der Waals surface area contributed by atoms with Crippen LogP contribution in [0.2, 0.25) is 0 Å². The standard InChI is InChI=1S/C12H17BrN2O2/c1-8(2)10(7-13)15-11(16)9-5-4-6-14-12(9)17-3/h4-6,8,10H,7H2,1-3H3,(H,15,16). The van der Waals surface area contributed by atoms with Gasteiger partial charge in [0.25, 0.3) is 5.91 Å². The molecule has 0 saturated carbocycles. The molecule has 0 aromatic carbocycles. The maximum atomic E-state index is 12.0. The van der Waals surface area contributed by atoms with Crippen molar-refractivity contribution < 1.29 is 9.53 Å². The Morgan fingerprint density at radius 1 is 1.59 bits per heavy atom. The average Bonchev–Trinajstić information content (AvgIpc) is 2.35. The molecule has 0 bridgehead atoms. The second-order valence-corrected chi connectivity index (χ2v) is 4.69. The summed E-state index contributed by atoms with van der Waals surface area (Å²) in [5, 5.41) is 3.67. The van der Waals surface area contributed by atoms with Crippen LogP contribution in [0.3, 0.4) is 0 Å². The van der Waals surface area contributed by atoms with E-state index in [2.05, 4.69) is 40.1 Å². The number of hydrogen-bond donors (Lipinski definition) is 1. The summed E-state index contributed by atoms with van der Waals surface area (Å²) in [5.74, 6) is 0.552. The molecule has 0 fully saturated rings. The molecule has 1 unspecified atom stereocenters. The third kappa shape index (κ3) is 3.70. The van der Waals surface area contributed by atoms with E-state index in [1.54, 1.807) is 18.3 Å². The topological polar surface area (TPSA) is 51.2 Å². The van der Waals surface area contributed by atoms with E-state index in [-0.39, 0.29) is 11.9 Å². The summed E-state index contributed by atoms with van der Waals surface area (Å²) in [6, 6.07) is 3.51. The number of rotatable bonds is 5. The van der Waals surface area contributed by atoms with Crippen molar-refractivity contribution in [2.45, 2.75) is 19.9 Å². The van der Waals surface area contributed by atoms with Crippen LogP contribution in [-0.2, 0) is 0 Å². The minimum absolute atomic E-state index is 0.0902. The van der Waals surface area contributed by atoms with Gasteiger partial charge in [-0.3, -0.25) is 4.79 Å². The zero-order valence-corrected chi connectivity index (χ0v) is 11.8. The van der Waals surface area contributed by atoms with Crippen LogP contribution in [0.5, 0.6) is 5.88 Å². The van der Waals surface area contributed by atoms with Crippen LogP contribution in [0.25, 0.3) is 0 Å². The molecule has 0 aliphatic heterocycles. The molecule has 1 aromatic heterocycles. The van der Waals surface area contributed by atoms with Crippen LogP contribution < -0.4 is 10.1 Å². The molecule has 0 radical (unpaired) electrons. The van der Waals surface area contributed by atoms with E-state index in [1.807, 2.05) is 0 Å². The quantitative estimate of drug-likeness (QED) is 0.849. The minimum Gasteiger partial charge on any atom is -0.480 e. The van der Waals surface area contributed by atoms with Crippen molar-refractivity contribution in [2.75, 3.05) is 12.4 Å². The lowest BCUT2D eigenvalue weighted by Crippen LogP contribution is -2.39. The van der Waals surface area contributed by atoms with Crippen LogP contribution in [-0.4, -0.2) is 29.4 Å². The van der Waals surface area contributed by atoms with E-state index in [0.717, 1.165) is 5.33 Å². The second-order valence-electron chi connectivity index (χ2n) is 4.04. The summed E-state index contributed by atoms with van der Waals surface area (Å²) in [6.07, 6.45) is 1.60. The number of nitrogens with zero attached hydrogens (tertiary/aromatic N) is 1. The summed E-state index contributed by atoms with van der Waals surface area (Å²) in [6.45, 7) is 4.12. The molecular weight excluding hydrogens is 284 g/mol. The van der Waals surface area contributed by atoms with Crippen molar-refractivity contribution in [2.24, 2.45) is 5.92 Å². The average molecular weight is 301 g/mol. The van der Waals surface area contributed by atoms with Gasteiger partial charge in [0.2, 0.25) is 5.88 Å². The minimum atomic E-state index is -0.159. The molecule has 4 nitrogen and oxygen atoms in total. The Labute approximate surface area is 110 Å². The zero-order valence-electron chi connectivity index (χ0n) is 10.2. The number of alkyl halides is 1. The summed E-state index contributed by atoms with van der Waals surface area (Å²) in [4.78, 5) is 16.0. The monoisotopic (exact) mass is 300 g/mol. The van der Waals surface area contributed by atoms with Gasteiger partial charge in [-0.25, -0.2) is 4.98 Å². The Balaban J connectivity index is 2.82. The van der Waals surface area contributed by atoms with Crippen LogP contribution >= 0.6 is 15.9 Å².